The van der Waals surface area contributed by atoms with Gasteiger partial charge >= 0.3 is 25.7 Å². The Morgan fingerprint density at radius 2 is 0.703 bits per heavy atom. The van der Waals surface area contributed by atoms with Crippen molar-refractivity contribution in [2.75, 3.05) is 26.4 Å². The van der Waals surface area contributed by atoms with E-state index in [2.05, 4.69) is 69.4 Å². The van der Waals surface area contributed by atoms with E-state index in [1.165, 1.54) is 128 Å². The number of hydrogen-bond donors (Lipinski definition) is 2. The third-order valence-electron chi connectivity index (χ3n) is 13.3. The number of ether oxygens (including phenoxy) is 3. The van der Waals surface area contributed by atoms with E-state index in [9.17, 15) is 28.9 Å². The summed E-state index contributed by atoms with van der Waals surface area (Å²) in [4.78, 5) is 48.5. The molecule has 2 N–H and O–H groups in total. The molecule has 0 bridgehead atoms. The highest BCUT2D eigenvalue weighted by atomic mass is 31.2. The van der Waals surface area contributed by atoms with Crippen molar-refractivity contribution >= 4 is 25.7 Å². The molecule has 0 aliphatic heterocycles. The van der Waals surface area contributed by atoms with E-state index in [4.69, 9.17) is 23.3 Å². The van der Waals surface area contributed by atoms with Gasteiger partial charge in [0.05, 0.1) is 19.8 Å². The lowest BCUT2D eigenvalue weighted by molar-refractivity contribution is -0.161. The maximum absolute atomic E-state index is 12.9. The fourth-order valence-corrected chi connectivity index (χ4v) is 9.43. The Morgan fingerprint density at radius 1 is 0.392 bits per heavy atom. The van der Waals surface area contributed by atoms with Crippen LogP contribution in [0.25, 0.3) is 0 Å². The quantitative estimate of drug-likeness (QED) is 0.0197. The van der Waals surface area contributed by atoms with Crippen LogP contribution in [0.15, 0.2) is 48.6 Å². The van der Waals surface area contributed by atoms with Crippen molar-refractivity contribution in [3.8, 4) is 0 Å². The third kappa shape index (κ3) is 54.2. The molecule has 0 spiro atoms. The first kappa shape index (κ1) is 71.4. The number of allylic oxidation sites excluding steroid dienone is 8. The molecule has 0 amide bonds. The van der Waals surface area contributed by atoms with Crippen LogP contribution >= 0.6 is 7.82 Å². The van der Waals surface area contributed by atoms with Gasteiger partial charge in [0.15, 0.2) is 6.10 Å². The largest absolute Gasteiger partial charge is 0.472 e. The molecule has 11 nitrogen and oxygen atoms in total. The van der Waals surface area contributed by atoms with Crippen molar-refractivity contribution in [1.82, 2.24) is 0 Å². The Hall–Kier alpha value is -2.56. The van der Waals surface area contributed by atoms with E-state index in [0.717, 1.165) is 103 Å². The normalized spacial score (nSPS) is 13.6. The summed E-state index contributed by atoms with van der Waals surface area (Å²) in [5.41, 5.74) is 0. The molecule has 0 saturated heterocycles. The molecular weight excluding hydrogens is 952 g/mol. The highest BCUT2D eigenvalue weighted by Crippen LogP contribution is 2.43. The number of aliphatic hydroxyl groups is 1. The number of phosphoric ester groups is 1. The van der Waals surface area contributed by atoms with Crippen molar-refractivity contribution in [2.24, 2.45) is 0 Å². The van der Waals surface area contributed by atoms with Gasteiger partial charge in [-0.15, -0.1) is 0 Å². The van der Waals surface area contributed by atoms with Gasteiger partial charge in [-0.1, -0.05) is 262 Å². The van der Waals surface area contributed by atoms with Crippen LogP contribution in [-0.2, 0) is 42.2 Å². The van der Waals surface area contributed by atoms with Crippen LogP contribution in [0.2, 0.25) is 0 Å². The van der Waals surface area contributed by atoms with Gasteiger partial charge in [-0.25, -0.2) is 4.57 Å². The molecule has 432 valence electrons. The zero-order chi connectivity index (χ0) is 54.1. The van der Waals surface area contributed by atoms with Gasteiger partial charge in [0, 0.05) is 19.3 Å². The minimum Gasteiger partial charge on any atom is -0.462 e. The molecule has 0 aromatic rings. The number of hydrogen-bond acceptors (Lipinski definition) is 10. The molecule has 0 aromatic heterocycles. The van der Waals surface area contributed by atoms with Crippen LogP contribution in [0.4, 0.5) is 0 Å². The van der Waals surface area contributed by atoms with E-state index in [-0.39, 0.29) is 25.9 Å². The third-order valence-corrected chi connectivity index (χ3v) is 14.2. The van der Waals surface area contributed by atoms with Gasteiger partial charge in [-0.05, 0) is 57.8 Å². The summed E-state index contributed by atoms with van der Waals surface area (Å²) in [7, 11) is -4.74. The second-order valence-corrected chi connectivity index (χ2v) is 22.0. The highest BCUT2D eigenvalue weighted by Gasteiger charge is 2.28. The lowest BCUT2D eigenvalue weighted by atomic mass is 10.0. The van der Waals surface area contributed by atoms with Crippen molar-refractivity contribution in [3.63, 3.8) is 0 Å². The summed E-state index contributed by atoms with van der Waals surface area (Å²) in [6.07, 6.45) is 60.8. The predicted octanol–water partition coefficient (Wildman–Crippen LogP) is 18.1. The predicted molar refractivity (Wildman–Crippen MR) is 307 cm³/mol. The van der Waals surface area contributed by atoms with Crippen LogP contribution in [-0.4, -0.2) is 66.5 Å². The number of carbonyl (C=O) groups is 3. The topological polar surface area (TPSA) is 155 Å². The second kappa shape index (κ2) is 56.6. The molecule has 0 heterocycles. The van der Waals surface area contributed by atoms with Crippen molar-refractivity contribution < 1.29 is 52.2 Å². The van der Waals surface area contributed by atoms with Gasteiger partial charge in [-0.3, -0.25) is 23.4 Å². The number of carbonyl (C=O) groups excluding carboxylic acids is 3. The standard InChI is InChI=1S/C62H113O11P/c1-4-7-10-13-16-19-21-23-25-27-29-31-33-35-37-40-42-45-48-51-60(64)69-55-59(57-71-74(67,68)70-56-58(54-63)72-61(65)52-49-46-43-39-18-15-12-9-6-3)73-62(66)53-50-47-44-41-38-36-34-32-30-28-26-24-22-20-17-14-11-8-5-2/h7,10,16,19,23,25,29,31,58-59,63H,4-6,8-9,11-15,17-18,20-22,24,26-28,30,32-57H2,1-3H3,(H,67,68)/b10-7-,19-16-,25-23-,31-29-. The number of aliphatic hydroxyl groups excluding tert-OH is 1. The van der Waals surface area contributed by atoms with Gasteiger partial charge in [0.1, 0.15) is 12.7 Å². The molecule has 0 aliphatic rings. The average Bonchev–Trinajstić information content (AvgIpc) is 3.39. The number of unbranched alkanes of at least 4 members (excludes halogenated alkanes) is 32. The molecule has 0 fully saturated rings. The van der Waals surface area contributed by atoms with Gasteiger partial charge in [0.2, 0.25) is 0 Å². The second-order valence-electron chi connectivity index (χ2n) is 20.5. The molecule has 3 atom stereocenters. The summed E-state index contributed by atoms with van der Waals surface area (Å²) in [5.74, 6) is -1.46. The Kier molecular flexibility index (Phi) is 54.7. The summed E-state index contributed by atoms with van der Waals surface area (Å²) in [6, 6.07) is 0. The summed E-state index contributed by atoms with van der Waals surface area (Å²) < 4.78 is 39.5. The number of rotatable bonds is 57. The molecular formula is C62H113O11P. The fourth-order valence-electron chi connectivity index (χ4n) is 8.64. The maximum Gasteiger partial charge on any atom is 0.472 e. The van der Waals surface area contributed by atoms with Crippen LogP contribution < -0.4 is 0 Å². The number of phosphoric acid groups is 1. The van der Waals surface area contributed by atoms with Gasteiger partial charge in [-0.2, -0.15) is 0 Å². The van der Waals surface area contributed by atoms with E-state index >= 15 is 0 Å². The Morgan fingerprint density at radius 3 is 1.08 bits per heavy atom. The molecule has 0 aliphatic carbocycles. The van der Waals surface area contributed by atoms with E-state index < -0.39 is 57.8 Å². The van der Waals surface area contributed by atoms with Crippen molar-refractivity contribution in [3.05, 3.63) is 48.6 Å². The molecule has 12 heteroatoms. The van der Waals surface area contributed by atoms with Crippen molar-refractivity contribution in [2.45, 2.75) is 303 Å². The molecule has 3 unspecified atom stereocenters. The van der Waals surface area contributed by atoms with Gasteiger partial charge < -0.3 is 24.2 Å². The Bertz CT molecular complexity index is 1430. The average molecular weight is 1070 g/mol. The first-order valence-electron chi connectivity index (χ1n) is 30.5. The van der Waals surface area contributed by atoms with E-state index in [1.54, 1.807) is 0 Å². The van der Waals surface area contributed by atoms with Crippen LogP contribution in [0, 0.1) is 0 Å². The lowest BCUT2D eigenvalue weighted by Gasteiger charge is -2.21. The van der Waals surface area contributed by atoms with E-state index in [0.29, 0.717) is 19.3 Å². The first-order chi connectivity index (χ1) is 36.2. The summed E-state index contributed by atoms with van der Waals surface area (Å²) in [6.45, 7) is 4.54. The molecule has 74 heavy (non-hydrogen) atoms. The van der Waals surface area contributed by atoms with E-state index in [1.807, 2.05) is 0 Å². The maximum atomic E-state index is 12.9. The van der Waals surface area contributed by atoms with Crippen LogP contribution in [0.1, 0.15) is 290 Å². The zero-order valence-electron chi connectivity index (χ0n) is 47.8. The zero-order valence-corrected chi connectivity index (χ0v) is 48.7. The molecule has 0 saturated carbocycles. The summed E-state index contributed by atoms with van der Waals surface area (Å²) in [5, 5.41) is 9.79. The van der Waals surface area contributed by atoms with Gasteiger partial charge in [0.25, 0.3) is 0 Å². The van der Waals surface area contributed by atoms with Crippen molar-refractivity contribution in [1.29, 1.82) is 0 Å². The highest BCUT2D eigenvalue weighted by molar-refractivity contribution is 7.47. The lowest BCUT2D eigenvalue weighted by Crippen LogP contribution is -2.30. The monoisotopic (exact) mass is 1060 g/mol. The minimum absolute atomic E-state index is 0.169. The smallest absolute Gasteiger partial charge is 0.462 e. The first-order valence-corrected chi connectivity index (χ1v) is 32.0. The van der Waals surface area contributed by atoms with Crippen LogP contribution in [0.3, 0.4) is 0 Å². The molecule has 0 rings (SSSR count). The SMILES string of the molecule is CC/C=C\C/C=C\C/C=C\C/C=C\CCCCCCCCC(=O)OCC(COP(=O)(O)OCC(CO)OC(=O)CCCCCCCCCCC)OC(=O)CCCCCCCCCCCCCCCCCCCCC. The minimum atomic E-state index is -4.74. The number of esters is 3. The summed E-state index contributed by atoms with van der Waals surface area (Å²) >= 11 is 0. The fraction of sp³-hybridized carbons (Fsp3) is 0.823. The Labute approximate surface area is 453 Å². The Balaban J connectivity index is 4.68. The van der Waals surface area contributed by atoms with Crippen LogP contribution in [0.5, 0.6) is 0 Å². The molecule has 0 aromatic carbocycles. The molecule has 0 radical (unpaired) electrons.